The van der Waals surface area contributed by atoms with Crippen molar-refractivity contribution in [1.29, 1.82) is 0 Å². The van der Waals surface area contributed by atoms with Crippen LogP contribution in [-0.4, -0.2) is 21.3 Å². The Morgan fingerprint density at radius 2 is 2.06 bits per heavy atom. The van der Waals surface area contributed by atoms with Gasteiger partial charge in [-0.3, -0.25) is 5.10 Å². The van der Waals surface area contributed by atoms with Gasteiger partial charge in [0.15, 0.2) is 0 Å². The highest BCUT2D eigenvalue weighted by molar-refractivity contribution is 5.87. The monoisotopic (exact) mass is 214 g/mol. The molecule has 0 unspecified atom stereocenters. The van der Waals surface area contributed by atoms with Gasteiger partial charge in [-0.25, -0.2) is 4.79 Å². The first-order valence-electron chi connectivity index (χ1n) is 4.77. The molecule has 16 heavy (non-hydrogen) atoms. The minimum Gasteiger partial charge on any atom is -0.478 e. The van der Waals surface area contributed by atoms with Crippen LogP contribution in [0.2, 0.25) is 0 Å². The third-order valence-electron chi connectivity index (χ3n) is 2.14. The van der Waals surface area contributed by atoms with Crippen LogP contribution in [0.5, 0.6) is 0 Å². The van der Waals surface area contributed by atoms with E-state index in [1.165, 1.54) is 6.08 Å². The van der Waals surface area contributed by atoms with E-state index < -0.39 is 5.97 Å². The number of hydrogen-bond donors (Lipinski definition) is 2. The summed E-state index contributed by atoms with van der Waals surface area (Å²) in [6, 6.07) is 9.63. The number of nitrogens with zero attached hydrogens (tertiary/aromatic N) is 1. The summed E-state index contributed by atoms with van der Waals surface area (Å²) in [4.78, 5) is 10.4. The van der Waals surface area contributed by atoms with E-state index in [9.17, 15) is 4.79 Å². The van der Waals surface area contributed by atoms with Crippen LogP contribution in [0, 0.1) is 0 Å². The molecule has 0 fully saturated rings. The van der Waals surface area contributed by atoms with E-state index in [4.69, 9.17) is 5.11 Å². The van der Waals surface area contributed by atoms with Crippen LogP contribution in [0.1, 0.15) is 5.56 Å². The summed E-state index contributed by atoms with van der Waals surface area (Å²) in [6.45, 7) is 0. The fourth-order valence-electron chi connectivity index (χ4n) is 1.42. The number of carboxylic acid groups (broad SMARTS) is 1. The molecule has 0 bridgehead atoms. The Morgan fingerprint density at radius 1 is 1.31 bits per heavy atom. The number of nitrogens with one attached hydrogen (secondary N) is 1. The van der Waals surface area contributed by atoms with Crippen LogP contribution < -0.4 is 0 Å². The molecule has 1 aromatic heterocycles. The van der Waals surface area contributed by atoms with Crippen LogP contribution >= 0.6 is 0 Å². The fourth-order valence-corrected chi connectivity index (χ4v) is 1.42. The summed E-state index contributed by atoms with van der Waals surface area (Å²) in [7, 11) is 0. The van der Waals surface area contributed by atoms with Crippen molar-refractivity contribution >= 4 is 12.0 Å². The van der Waals surface area contributed by atoms with E-state index in [1.807, 2.05) is 30.3 Å². The Bertz CT molecular complexity index is 515. The van der Waals surface area contributed by atoms with Crippen molar-refractivity contribution in [3.8, 4) is 11.3 Å². The largest absolute Gasteiger partial charge is 0.478 e. The van der Waals surface area contributed by atoms with Crippen molar-refractivity contribution in [2.45, 2.75) is 0 Å². The van der Waals surface area contributed by atoms with Crippen LogP contribution in [0.3, 0.4) is 0 Å². The number of rotatable bonds is 3. The molecule has 0 aliphatic heterocycles. The first-order chi connectivity index (χ1) is 7.77. The van der Waals surface area contributed by atoms with Gasteiger partial charge >= 0.3 is 5.97 Å². The standard InChI is InChI=1S/C12H10N2O2/c15-11(16)7-6-10-8-13-14-12(10)9-4-2-1-3-5-9/h1-8H,(H,13,14)(H,15,16)/b7-6-. The molecule has 80 valence electrons. The summed E-state index contributed by atoms with van der Waals surface area (Å²) >= 11 is 0. The Hall–Kier alpha value is -2.36. The Morgan fingerprint density at radius 3 is 2.75 bits per heavy atom. The first-order valence-corrected chi connectivity index (χ1v) is 4.77. The van der Waals surface area contributed by atoms with Crippen molar-refractivity contribution in [1.82, 2.24) is 10.2 Å². The fraction of sp³-hybridized carbons (Fsp3) is 0. The molecule has 4 heteroatoms. The van der Waals surface area contributed by atoms with Crippen molar-refractivity contribution < 1.29 is 9.90 Å². The van der Waals surface area contributed by atoms with Gasteiger partial charge in [0.05, 0.1) is 11.9 Å². The van der Waals surface area contributed by atoms with E-state index in [-0.39, 0.29) is 0 Å². The summed E-state index contributed by atoms with van der Waals surface area (Å²) in [5.41, 5.74) is 2.55. The Labute approximate surface area is 92.2 Å². The van der Waals surface area contributed by atoms with Gasteiger partial charge in [0.25, 0.3) is 0 Å². The maximum absolute atomic E-state index is 10.4. The summed E-state index contributed by atoms with van der Waals surface area (Å²) in [5.74, 6) is -0.972. The summed E-state index contributed by atoms with van der Waals surface area (Å²) in [5, 5.41) is 15.3. The maximum atomic E-state index is 10.4. The predicted octanol–water partition coefficient (Wildman–Crippen LogP) is 2.17. The second-order valence-electron chi connectivity index (χ2n) is 3.24. The number of H-pyrrole nitrogens is 1. The molecule has 2 rings (SSSR count). The van der Waals surface area contributed by atoms with E-state index in [0.717, 1.165) is 22.9 Å². The van der Waals surface area contributed by atoms with Gasteiger partial charge in [-0.1, -0.05) is 30.3 Å². The SMILES string of the molecule is O=C(O)/C=C\c1cn[nH]c1-c1ccccc1. The normalized spacial score (nSPS) is 10.8. The average Bonchev–Trinajstić information content (AvgIpc) is 2.75. The number of carboxylic acids is 1. The smallest absolute Gasteiger partial charge is 0.328 e. The number of aromatic amines is 1. The summed E-state index contributed by atoms with van der Waals surface area (Å²) in [6.07, 6.45) is 4.22. The molecule has 2 N–H and O–H groups in total. The summed E-state index contributed by atoms with van der Waals surface area (Å²) < 4.78 is 0. The molecule has 0 atom stereocenters. The van der Waals surface area contributed by atoms with E-state index in [2.05, 4.69) is 10.2 Å². The maximum Gasteiger partial charge on any atom is 0.328 e. The van der Waals surface area contributed by atoms with Crippen molar-refractivity contribution in [2.75, 3.05) is 0 Å². The molecule has 4 nitrogen and oxygen atoms in total. The molecule has 1 heterocycles. The molecule has 0 radical (unpaired) electrons. The van der Waals surface area contributed by atoms with Crippen LogP contribution in [0.25, 0.3) is 17.3 Å². The molecular weight excluding hydrogens is 204 g/mol. The number of benzene rings is 1. The van der Waals surface area contributed by atoms with Gasteiger partial charge in [0.2, 0.25) is 0 Å². The third-order valence-corrected chi connectivity index (χ3v) is 2.14. The molecule has 0 saturated carbocycles. The second-order valence-corrected chi connectivity index (χ2v) is 3.24. The van der Waals surface area contributed by atoms with Crippen LogP contribution in [-0.2, 0) is 4.79 Å². The van der Waals surface area contributed by atoms with E-state index >= 15 is 0 Å². The number of aliphatic carboxylic acids is 1. The minimum atomic E-state index is -0.972. The molecule has 0 amide bonds. The second kappa shape index (κ2) is 4.44. The molecular formula is C12H10N2O2. The highest BCUT2D eigenvalue weighted by atomic mass is 16.4. The number of aromatic nitrogens is 2. The van der Waals surface area contributed by atoms with E-state index in [1.54, 1.807) is 6.20 Å². The van der Waals surface area contributed by atoms with Crippen LogP contribution in [0.4, 0.5) is 0 Å². The topological polar surface area (TPSA) is 66.0 Å². The van der Waals surface area contributed by atoms with Gasteiger partial charge in [-0.2, -0.15) is 5.10 Å². The zero-order chi connectivity index (χ0) is 11.4. The number of carbonyl (C=O) groups is 1. The highest BCUT2D eigenvalue weighted by Crippen LogP contribution is 2.21. The molecule has 1 aromatic carbocycles. The number of hydrogen-bond acceptors (Lipinski definition) is 2. The Kier molecular flexibility index (Phi) is 2.82. The van der Waals surface area contributed by atoms with E-state index in [0.29, 0.717) is 0 Å². The highest BCUT2D eigenvalue weighted by Gasteiger charge is 2.04. The van der Waals surface area contributed by atoms with Gasteiger partial charge < -0.3 is 5.11 Å². The predicted molar refractivity (Wildman–Crippen MR) is 60.7 cm³/mol. The minimum absolute atomic E-state index is 0.758. The van der Waals surface area contributed by atoms with Gasteiger partial charge in [0, 0.05) is 17.2 Å². The Balaban J connectivity index is 2.37. The molecule has 2 aromatic rings. The lowest BCUT2D eigenvalue weighted by Crippen LogP contribution is -1.86. The lowest BCUT2D eigenvalue weighted by atomic mass is 10.1. The molecule has 0 aliphatic rings. The van der Waals surface area contributed by atoms with Gasteiger partial charge in [-0.15, -0.1) is 0 Å². The van der Waals surface area contributed by atoms with Crippen molar-refractivity contribution in [2.24, 2.45) is 0 Å². The zero-order valence-corrected chi connectivity index (χ0v) is 8.42. The third kappa shape index (κ3) is 2.17. The van der Waals surface area contributed by atoms with Crippen molar-refractivity contribution in [3.63, 3.8) is 0 Å². The zero-order valence-electron chi connectivity index (χ0n) is 8.42. The molecule has 0 spiro atoms. The van der Waals surface area contributed by atoms with Gasteiger partial charge in [0.1, 0.15) is 0 Å². The quantitative estimate of drug-likeness (QED) is 0.769. The average molecular weight is 214 g/mol. The van der Waals surface area contributed by atoms with Crippen molar-refractivity contribution in [3.05, 3.63) is 48.2 Å². The first kappa shape index (κ1) is 10.2. The van der Waals surface area contributed by atoms with Crippen LogP contribution in [0.15, 0.2) is 42.6 Å². The van der Waals surface area contributed by atoms with Gasteiger partial charge in [-0.05, 0) is 6.08 Å². The lowest BCUT2D eigenvalue weighted by molar-refractivity contribution is -0.131. The molecule has 0 saturated heterocycles. The lowest BCUT2D eigenvalue weighted by Gasteiger charge is -1.98. The molecule has 0 aliphatic carbocycles.